The molecule has 2 heterocycles. The molecule has 4 heteroatoms. The molecule has 2 aromatic heterocycles. The molecule has 0 atom stereocenters. The number of nitrogens with one attached hydrogen (secondary N) is 1. The first-order valence-corrected chi connectivity index (χ1v) is 8.85. The van der Waals surface area contributed by atoms with E-state index in [1.165, 1.54) is 5.56 Å². The molecule has 0 saturated carbocycles. The molecular formula is C21H25N3O. The summed E-state index contributed by atoms with van der Waals surface area (Å²) in [7, 11) is 0. The van der Waals surface area contributed by atoms with Gasteiger partial charge in [-0.2, -0.15) is 0 Å². The molecule has 130 valence electrons. The summed E-state index contributed by atoms with van der Waals surface area (Å²) in [5, 5.41) is 0. The summed E-state index contributed by atoms with van der Waals surface area (Å²) >= 11 is 0. The van der Waals surface area contributed by atoms with Crippen LogP contribution in [0, 0.1) is 13.8 Å². The molecule has 1 N–H and O–H groups in total. The maximum atomic E-state index is 12.3. The average molecular weight is 335 g/mol. The molecule has 1 aromatic carbocycles. The van der Waals surface area contributed by atoms with Gasteiger partial charge in [0.05, 0.1) is 0 Å². The van der Waals surface area contributed by atoms with Crippen LogP contribution >= 0.6 is 0 Å². The van der Waals surface area contributed by atoms with Crippen molar-refractivity contribution in [3.63, 3.8) is 0 Å². The van der Waals surface area contributed by atoms with Gasteiger partial charge in [-0.1, -0.05) is 30.3 Å². The first kappa shape index (κ1) is 17.2. The normalized spacial score (nSPS) is 11.0. The van der Waals surface area contributed by atoms with Crippen molar-refractivity contribution >= 4 is 5.78 Å². The monoisotopic (exact) mass is 335 g/mol. The van der Waals surface area contributed by atoms with E-state index < -0.39 is 0 Å². The van der Waals surface area contributed by atoms with Crippen LogP contribution in [-0.2, 0) is 24.2 Å². The largest absolute Gasteiger partial charge is 0.362 e. The molecule has 0 unspecified atom stereocenters. The molecule has 4 nitrogen and oxygen atoms in total. The number of H-pyrrole nitrogens is 1. The predicted molar refractivity (Wildman–Crippen MR) is 101 cm³/mol. The zero-order valence-electron chi connectivity index (χ0n) is 15.2. The number of aromatic nitrogens is 3. The topological polar surface area (TPSA) is 50.7 Å². The molecule has 25 heavy (non-hydrogen) atoms. The number of aromatic amines is 1. The van der Waals surface area contributed by atoms with Crippen LogP contribution in [0.5, 0.6) is 0 Å². The van der Waals surface area contributed by atoms with Gasteiger partial charge in [0.25, 0.3) is 0 Å². The van der Waals surface area contributed by atoms with Crippen molar-refractivity contribution in [3.8, 4) is 11.4 Å². The average Bonchev–Trinajstić information content (AvgIpc) is 3.16. The molecule has 0 aliphatic carbocycles. The van der Waals surface area contributed by atoms with Gasteiger partial charge in [0.2, 0.25) is 0 Å². The number of benzene rings is 1. The minimum absolute atomic E-state index is 0.256. The van der Waals surface area contributed by atoms with E-state index in [9.17, 15) is 4.79 Å². The van der Waals surface area contributed by atoms with E-state index in [0.717, 1.165) is 41.4 Å². The lowest BCUT2D eigenvalue weighted by Gasteiger charge is -2.09. The van der Waals surface area contributed by atoms with Gasteiger partial charge in [-0.3, -0.25) is 4.79 Å². The fourth-order valence-corrected chi connectivity index (χ4v) is 3.19. The van der Waals surface area contributed by atoms with Crippen molar-refractivity contribution in [1.29, 1.82) is 0 Å². The number of carbonyl (C=O) groups is 1. The van der Waals surface area contributed by atoms with Crippen LogP contribution in [0.25, 0.3) is 11.4 Å². The van der Waals surface area contributed by atoms with Crippen LogP contribution in [-0.4, -0.2) is 20.3 Å². The Balaban J connectivity index is 1.67. The van der Waals surface area contributed by atoms with Gasteiger partial charge in [-0.25, -0.2) is 4.98 Å². The maximum absolute atomic E-state index is 12.3. The summed E-state index contributed by atoms with van der Waals surface area (Å²) in [5.74, 6) is 1.23. The highest BCUT2D eigenvalue weighted by atomic mass is 16.1. The van der Waals surface area contributed by atoms with Crippen molar-refractivity contribution in [2.75, 3.05) is 0 Å². The maximum Gasteiger partial charge on any atom is 0.140 e. The quantitative estimate of drug-likeness (QED) is 0.701. The van der Waals surface area contributed by atoms with Crippen LogP contribution in [0.1, 0.15) is 36.0 Å². The van der Waals surface area contributed by atoms with E-state index in [-0.39, 0.29) is 5.78 Å². The van der Waals surface area contributed by atoms with Gasteiger partial charge in [-0.05, 0) is 38.8 Å². The fraction of sp³-hybridized carbons (Fsp3) is 0.333. The standard InChI is InChI=1S/C21H25N3O/c1-4-24-19(14-22-21(24)17-8-6-5-7-9-17)10-11-20(25)13-18-12-15(2)16(3)23-18/h5-9,12,14,23H,4,10-11,13H2,1-3H3. The number of aryl methyl sites for hydroxylation is 3. The Labute approximate surface area is 148 Å². The van der Waals surface area contributed by atoms with E-state index >= 15 is 0 Å². The van der Waals surface area contributed by atoms with Gasteiger partial charge in [-0.15, -0.1) is 0 Å². The SMILES string of the molecule is CCn1c(CCC(=O)Cc2cc(C)c(C)[nH]2)cnc1-c1ccccc1. The Kier molecular flexibility index (Phi) is 5.17. The van der Waals surface area contributed by atoms with E-state index in [0.29, 0.717) is 12.8 Å². The number of imidazole rings is 1. The molecule has 0 spiro atoms. The van der Waals surface area contributed by atoms with Crippen LogP contribution in [0.2, 0.25) is 0 Å². The van der Waals surface area contributed by atoms with Gasteiger partial charge in [0.1, 0.15) is 11.6 Å². The number of carbonyl (C=O) groups excluding carboxylic acids is 1. The van der Waals surface area contributed by atoms with Crippen molar-refractivity contribution in [2.45, 2.75) is 46.6 Å². The number of nitrogens with zero attached hydrogens (tertiary/aromatic N) is 2. The summed E-state index contributed by atoms with van der Waals surface area (Å²) < 4.78 is 2.20. The minimum Gasteiger partial charge on any atom is -0.362 e. The first-order valence-electron chi connectivity index (χ1n) is 8.85. The summed E-state index contributed by atoms with van der Waals surface area (Å²) in [6.45, 7) is 7.06. The third-order valence-corrected chi connectivity index (χ3v) is 4.66. The molecule has 0 aliphatic rings. The lowest BCUT2D eigenvalue weighted by atomic mass is 10.1. The zero-order valence-corrected chi connectivity index (χ0v) is 15.2. The van der Waals surface area contributed by atoms with Crippen molar-refractivity contribution in [2.24, 2.45) is 0 Å². The number of hydrogen-bond donors (Lipinski definition) is 1. The second kappa shape index (κ2) is 7.51. The first-order chi connectivity index (χ1) is 12.1. The van der Waals surface area contributed by atoms with E-state index in [4.69, 9.17) is 0 Å². The molecule has 3 aromatic rings. The van der Waals surface area contributed by atoms with Gasteiger partial charge < -0.3 is 9.55 Å². The number of Topliss-reactive ketones (excluding diaryl/α,β-unsaturated/α-hetero) is 1. The molecule has 0 bridgehead atoms. The third kappa shape index (κ3) is 3.90. The number of ketones is 1. The lowest BCUT2D eigenvalue weighted by Crippen LogP contribution is -2.08. The molecular weight excluding hydrogens is 310 g/mol. The van der Waals surface area contributed by atoms with Crippen LogP contribution in [0.4, 0.5) is 0 Å². The second-order valence-electron chi connectivity index (χ2n) is 6.50. The van der Waals surface area contributed by atoms with Gasteiger partial charge in [0.15, 0.2) is 0 Å². The van der Waals surface area contributed by atoms with E-state index in [1.807, 2.05) is 31.3 Å². The van der Waals surface area contributed by atoms with Crippen molar-refractivity contribution < 1.29 is 4.79 Å². The highest BCUT2D eigenvalue weighted by Gasteiger charge is 2.13. The lowest BCUT2D eigenvalue weighted by molar-refractivity contribution is -0.118. The molecule has 0 radical (unpaired) electrons. The van der Waals surface area contributed by atoms with Crippen molar-refractivity contribution in [3.05, 3.63) is 65.2 Å². The van der Waals surface area contributed by atoms with E-state index in [1.54, 1.807) is 0 Å². The molecule has 3 rings (SSSR count). The highest BCUT2D eigenvalue weighted by Crippen LogP contribution is 2.20. The summed E-state index contributed by atoms with van der Waals surface area (Å²) in [6.07, 6.45) is 3.64. The van der Waals surface area contributed by atoms with Crippen molar-refractivity contribution in [1.82, 2.24) is 14.5 Å². The third-order valence-electron chi connectivity index (χ3n) is 4.66. The summed E-state index contributed by atoms with van der Waals surface area (Å²) in [5.41, 5.74) is 5.58. The van der Waals surface area contributed by atoms with E-state index in [2.05, 4.69) is 46.6 Å². The Bertz CT molecular complexity index is 839. The summed E-state index contributed by atoms with van der Waals surface area (Å²) in [4.78, 5) is 20.2. The Morgan fingerprint density at radius 2 is 1.96 bits per heavy atom. The zero-order chi connectivity index (χ0) is 17.8. The summed E-state index contributed by atoms with van der Waals surface area (Å²) in [6, 6.07) is 12.3. The van der Waals surface area contributed by atoms with Crippen LogP contribution < -0.4 is 0 Å². The molecule has 0 aliphatic heterocycles. The Morgan fingerprint density at radius 3 is 2.60 bits per heavy atom. The van der Waals surface area contributed by atoms with Gasteiger partial charge >= 0.3 is 0 Å². The number of hydrogen-bond acceptors (Lipinski definition) is 2. The Morgan fingerprint density at radius 1 is 1.20 bits per heavy atom. The molecule has 0 amide bonds. The minimum atomic E-state index is 0.256. The van der Waals surface area contributed by atoms with Crippen LogP contribution in [0.3, 0.4) is 0 Å². The second-order valence-corrected chi connectivity index (χ2v) is 6.50. The van der Waals surface area contributed by atoms with Gasteiger partial charge in [0, 0.05) is 48.2 Å². The number of rotatable bonds is 7. The van der Waals surface area contributed by atoms with Crippen LogP contribution in [0.15, 0.2) is 42.6 Å². The highest BCUT2D eigenvalue weighted by molar-refractivity contribution is 5.80. The Hall–Kier alpha value is -2.62. The fourth-order valence-electron chi connectivity index (χ4n) is 3.19. The molecule has 0 fully saturated rings. The molecule has 0 saturated heterocycles. The smallest absolute Gasteiger partial charge is 0.140 e. The predicted octanol–water partition coefficient (Wildman–Crippen LogP) is 4.26.